The zero-order chi connectivity index (χ0) is 13.2. The Morgan fingerprint density at radius 1 is 1.29 bits per heavy atom. The Bertz CT molecular complexity index is 417. The molecule has 2 nitrogen and oxygen atoms in total. The molecule has 0 heterocycles. The van der Waals surface area contributed by atoms with Crippen molar-refractivity contribution in [2.75, 3.05) is 7.11 Å². The molecule has 0 aliphatic heterocycles. The summed E-state index contributed by atoms with van der Waals surface area (Å²) in [6, 6.07) is 5.98. The van der Waals surface area contributed by atoms with E-state index in [9.17, 15) is 4.79 Å². The fourth-order valence-electron chi connectivity index (χ4n) is 2.07. The van der Waals surface area contributed by atoms with E-state index in [0.717, 1.165) is 16.9 Å². The predicted molar refractivity (Wildman–Crippen MR) is 70.6 cm³/mol. The van der Waals surface area contributed by atoms with E-state index in [-0.39, 0.29) is 11.7 Å². The molecule has 1 aromatic rings. The van der Waals surface area contributed by atoms with Crippen molar-refractivity contribution in [2.24, 2.45) is 5.92 Å². The van der Waals surface area contributed by atoms with Crippen LogP contribution in [0.15, 0.2) is 18.2 Å². The number of ketones is 1. The summed E-state index contributed by atoms with van der Waals surface area (Å²) in [7, 11) is 1.66. The molecule has 2 heteroatoms. The molecule has 1 rings (SSSR count). The summed E-state index contributed by atoms with van der Waals surface area (Å²) in [6.07, 6.45) is 0. The second-order valence-corrected chi connectivity index (χ2v) is 5.33. The molecule has 0 radical (unpaired) electrons. The maximum absolute atomic E-state index is 12.2. The molecule has 0 aromatic heterocycles. The Hall–Kier alpha value is -1.31. The highest BCUT2D eigenvalue weighted by Gasteiger charge is 2.31. The van der Waals surface area contributed by atoms with Gasteiger partial charge in [-0.3, -0.25) is 4.79 Å². The van der Waals surface area contributed by atoms with Gasteiger partial charge in [0.05, 0.1) is 7.11 Å². The average molecular weight is 234 g/mol. The van der Waals surface area contributed by atoms with Gasteiger partial charge >= 0.3 is 0 Å². The molecule has 1 aromatic carbocycles. The van der Waals surface area contributed by atoms with Crippen molar-refractivity contribution >= 4 is 5.78 Å². The summed E-state index contributed by atoms with van der Waals surface area (Å²) in [4.78, 5) is 12.2. The first kappa shape index (κ1) is 13.8. The summed E-state index contributed by atoms with van der Waals surface area (Å²) < 4.78 is 5.31. The minimum Gasteiger partial charge on any atom is -0.496 e. The van der Waals surface area contributed by atoms with Crippen molar-refractivity contribution in [1.29, 1.82) is 0 Å². The van der Waals surface area contributed by atoms with Crippen LogP contribution < -0.4 is 4.74 Å². The highest BCUT2D eigenvalue weighted by atomic mass is 16.5. The standard InChI is InChI=1S/C15H22O2/c1-10(2)14(16)15(4,5)12-8-7-11(3)13(9-12)17-6/h7-10H,1-6H3. The Labute approximate surface area is 104 Å². The fraction of sp³-hybridized carbons (Fsp3) is 0.533. The van der Waals surface area contributed by atoms with Crippen LogP contribution in [0.2, 0.25) is 0 Å². The zero-order valence-corrected chi connectivity index (χ0v) is 11.6. The molecule has 0 aliphatic rings. The van der Waals surface area contributed by atoms with Gasteiger partial charge in [-0.1, -0.05) is 26.0 Å². The van der Waals surface area contributed by atoms with Crippen molar-refractivity contribution in [3.05, 3.63) is 29.3 Å². The molecule has 0 N–H and O–H groups in total. The number of hydrogen-bond donors (Lipinski definition) is 0. The number of Topliss-reactive ketones (excluding diaryl/α,β-unsaturated/α-hetero) is 1. The van der Waals surface area contributed by atoms with E-state index in [1.54, 1.807) is 7.11 Å². The maximum atomic E-state index is 12.2. The van der Waals surface area contributed by atoms with Crippen molar-refractivity contribution in [3.63, 3.8) is 0 Å². The average Bonchev–Trinajstić information content (AvgIpc) is 2.28. The Morgan fingerprint density at radius 3 is 2.35 bits per heavy atom. The highest BCUT2D eigenvalue weighted by molar-refractivity contribution is 5.90. The Kier molecular flexibility index (Phi) is 3.97. The first-order chi connectivity index (χ1) is 7.80. The smallest absolute Gasteiger partial charge is 0.145 e. The maximum Gasteiger partial charge on any atom is 0.145 e. The van der Waals surface area contributed by atoms with E-state index in [1.165, 1.54) is 0 Å². The molecule has 0 aliphatic carbocycles. The van der Waals surface area contributed by atoms with E-state index < -0.39 is 5.41 Å². The van der Waals surface area contributed by atoms with Crippen LogP contribution in [0.3, 0.4) is 0 Å². The molecule has 0 amide bonds. The third-order valence-corrected chi connectivity index (χ3v) is 3.27. The van der Waals surface area contributed by atoms with E-state index in [0.29, 0.717) is 0 Å². The number of carbonyl (C=O) groups excluding carboxylic acids is 1. The number of methoxy groups -OCH3 is 1. The van der Waals surface area contributed by atoms with Gasteiger partial charge in [0.2, 0.25) is 0 Å². The third kappa shape index (κ3) is 2.68. The second kappa shape index (κ2) is 4.91. The molecule has 94 valence electrons. The summed E-state index contributed by atoms with van der Waals surface area (Å²) in [5.41, 5.74) is 1.64. The van der Waals surface area contributed by atoms with Gasteiger partial charge in [0.15, 0.2) is 0 Å². The Morgan fingerprint density at radius 2 is 1.88 bits per heavy atom. The van der Waals surface area contributed by atoms with Crippen LogP contribution in [0.1, 0.15) is 38.8 Å². The van der Waals surface area contributed by atoms with Crippen molar-refractivity contribution < 1.29 is 9.53 Å². The minimum absolute atomic E-state index is 0.0392. The topological polar surface area (TPSA) is 26.3 Å². The molecule has 0 atom stereocenters. The van der Waals surface area contributed by atoms with E-state index in [4.69, 9.17) is 4.74 Å². The van der Waals surface area contributed by atoms with Gasteiger partial charge in [-0.05, 0) is 38.0 Å². The molecule has 0 saturated heterocycles. The number of carbonyl (C=O) groups is 1. The molecule has 0 saturated carbocycles. The second-order valence-electron chi connectivity index (χ2n) is 5.33. The number of aryl methyl sites for hydroxylation is 1. The first-order valence-corrected chi connectivity index (χ1v) is 6.00. The first-order valence-electron chi connectivity index (χ1n) is 6.00. The van der Waals surface area contributed by atoms with E-state index in [2.05, 4.69) is 0 Å². The zero-order valence-electron chi connectivity index (χ0n) is 11.6. The SMILES string of the molecule is COc1cc(C(C)(C)C(=O)C(C)C)ccc1C. The lowest BCUT2D eigenvalue weighted by atomic mass is 9.76. The molecular weight excluding hydrogens is 212 g/mol. The lowest BCUT2D eigenvalue weighted by Crippen LogP contribution is -2.32. The molecule has 17 heavy (non-hydrogen) atoms. The summed E-state index contributed by atoms with van der Waals surface area (Å²) >= 11 is 0. The molecule has 0 unspecified atom stereocenters. The van der Waals surface area contributed by atoms with Gasteiger partial charge in [-0.25, -0.2) is 0 Å². The molecule has 0 fully saturated rings. The number of hydrogen-bond acceptors (Lipinski definition) is 2. The predicted octanol–water partition coefficient (Wildman–Crippen LogP) is 3.51. The van der Waals surface area contributed by atoms with Crippen molar-refractivity contribution in [2.45, 2.75) is 40.0 Å². The van der Waals surface area contributed by atoms with E-state index in [1.807, 2.05) is 52.8 Å². The van der Waals surface area contributed by atoms with Crippen LogP contribution in [0.5, 0.6) is 5.75 Å². The van der Waals surface area contributed by atoms with Gasteiger partial charge in [-0.2, -0.15) is 0 Å². The monoisotopic (exact) mass is 234 g/mol. The van der Waals surface area contributed by atoms with Gasteiger partial charge < -0.3 is 4.74 Å². The van der Waals surface area contributed by atoms with Crippen LogP contribution in [0, 0.1) is 12.8 Å². The van der Waals surface area contributed by atoms with Crippen molar-refractivity contribution in [3.8, 4) is 5.75 Å². The number of rotatable bonds is 4. The minimum atomic E-state index is -0.463. The quantitative estimate of drug-likeness (QED) is 0.797. The van der Waals surface area contributed by atoms with Crippen LogP contribution in [0.4, 0.5) is 0 Å². The summed E-state index contributed by atoms with van der Waals surface area (Å²) in [6.45, 7) is 9.82. The van der Waals surface area contributed by atoms with E-state index >= 15 is 0 Å². The largest absolute Gasteiger partial charge is 0.496 e. The number of benzene rings is 1. The fourth-order valence-corrected chi connectivity index (χ4v) is 2.07. The molecular formula is C15H22O2. The van der Waals surface area contributed by atoms with Crippen molar-refractivity contribution in [1.82, 2.24) is 0 Å². The molecule has 0 bridgehead atoms. The number of ether oxygens (including phenoxy) is 1. The van der Waals surface area contributed by atoms with Gasteiger partial charge in [0.1, 0.15) is 11.5 Å². The lowest BCUT2D eigenvalue weighted by Gasteiger charge is -2.26. The van der Waals surface area contributed by atoms with Crippen LogP contribution >= 0.6 is 0 Å². The van der Waals surface area contributed by atoms with Crippen LogP contribution in [-0.4, -0.2) is 12.9 Å². The lowest BCUT2D eigenvalue weighted by molar-refractivity contribution is -0.126. The summed E-state index contributed by atoms with van der Waals surface area (Å²) in [5, 5.41) is 0. The highest BCUT2D eigenvalue weighted by Crippen LogP contribution is 2.31. The Balaban J connectivity index is 3.19. The normalized spacial score (nSPS) is 11.7. The third-order valence-electron chi connectivity index (χ3n) is 3.27. The van der Waals surface area contributed by atoms with Crippen LogP contribution in [0.25, 0.3) is 0 Å². The van der Waals surface area contributed by atoms with Gasteiger partial charge in [-0.15, -0.1) is 0 Å². The van der Waals surface area contributed by atoms with Gasteiger partial charge in [0.25, 0.3) is 0 Å². The van der Waals surface area contributed by atoms with Crippen LogP contribution in [-0.2, 0) is 10.2 Å². The summed E-state index contributed by atoms with van der Waals surface area (Å²) in [5.74, 6) is 1.13. The molecule has 0 spiro atoms. The van der Waals surface area contributed by atoms with Gasteiger partial charge in [0, 0.05) is 11.3 Å².